The molecule has 2 N–H and O–H groups in total. The molecule has 1 aromatic heterocycles. The Balaban J connectivity index is 2.06. The van der Waals surface area contributed by atoms with Gasteiger partial charge in [-0.1, -0.05) is 19.1 Å². The second-order valence-corrected chi connectivity index (χ2v) is 4.20. The lowest BCUT2D eigenvalue weighted by Gasteiger charge is -2.05. The van der Waals surface area contributed by atoms with Crippen LogP contribution < -0.4 is 11.0 Å². The van der Waals surface area contributed by atoms with Crippen LogP contribution in [0, 0.1) is 0 Å². The normalized spacial score (nSPS) is 10.7. The van der Waals surface area contributed by atoms with Gasteiger partial charge in [0.25, 0.3) is 0 Å². The Morgan fingerprint density at radius 1 is 1.39 bits per heavy atom. The van der Waals surface area contributed by atoms with Gasteiger partial charge in [0, 0.05) is 19.5 Å². The van der Waals surface area contributed by atoms with E-state index < -0.39 is 0 Å². The van der Waals surface area contributed by atoms with Crippen LogP contribution in [0.2, 0.25) is 0 Å². The standard InChI is InChI=1S/C13H17N3O2/c1-2-5-12(17)14-8-9-16-11-7-4-3-6-10(11)15-13(16)18/h3-4,6-7H,2,5,8-9H2,1H3,(H,14,17)(H,15,18). The highest BCUT2D eigenvalue weighted by atomic mass is 16.2. The minimum Gasteiger partial charge on any atom is -0.354 e. The third-order valence-corrected chi connectivity index (χ3v) is 2.82. The molecule has 5 heteroatoms. The van der Waals surface area contributed by atoms with E-state index in [1.165, 1.54) is 0 Å². The molecule has 0 aliphatic rings. The van der Waals surface area contributed by atoms with Crippen molar-refractivity contribution in [2.24, 2.45) is 0 Å². The minimum absolute atomic E-state index is 0.0328. The number of rotatable bonds is 5. The summed E-state index contributed by atoms with van der Waals surface area (Å²) in [4.78, 5) is 25.8. The molecule has 5 nitrogen and oxygen atoms in total. The van der Waals surface area contributed by atoms with Crippen LogP contribution in [0.3, 0.4) is 0 Å². The first-order valence-corrected chi connectivity index (χ1v) is 6.16. The van der Waals surface area contributed by atoms with Crippen molar-refractivity contribution in [1.82, 2.24) is 14.9 Å². The summed E-state index contributed by atoms with van der Waals surface area (Å²) >= 11 is 0. The Labute approximate surface area is 105 Å². The minimum atomic E-state index is -0.138. The number of fused-ring (bicyclic) bond motifs is 1. The number of hydrogen-bond acceptors (Lipinski definition) is 2. The lowest BCUT2D eigenvalue weighted by molar-refractivity contribution is -0.121. The van der Waals surface area contributed by atoms with Crippen molar-refractivity contribution in [3.05, 3.63) is 34.7 Å². The Kier molecular flexibility index (Phi) is 3.82. The Morgan fingerprint density at radius 2 is 2.17 bits per heavy atom. The molecule has 0 radical (unpaired) electrons. The predicted molar refractivity (Wildman–Crippen MR) is 70.5 cm³/mol. The maximum atomic E-state index is 11.7. The van der Waals surface area contributed by atoms with Crippen LogP contribution in [-0.4, -0.2) is 22.0 Å². The summed E-state index contributed by atoms with van der Waals surface area (Å²) in [5.74, 6) is 0.0328. The number of nitrogens with zero attached hydrogens (tertiary/aromatic N) is 1. The molecule has 1 aromatic carbocycles. The zero-order valence-electron chi connectivity index (χ0n) is 10.4. The van der Waals surface area contributed by atoms with E-state index in [-0.39, 0.29) is 11.6 Å². The van der Waals surface area contributed by atoms with Crippen molar-refractivity contribution in [3.8, 4) is 0 Å². The van der Waals surface area contributed by atoms with Crippen LogP contribution in [0.1, 0.15) is 19.8 Å². The Bertz CT molecular complexity index is 598. The van der Waals surface area contributed by atoms with Gasteiger partial charge in [0.1, 0.15) is 0 Å². The van der Waals surface area contributed by atoms with Gasteiger partial charge in [0.15, 0.2) is 0 Å². The van der Waals surface area contributed by atoms with E-state index in [0.29, 0.717) is 19.5 Å². The Morgan fingerprint density at radius 3 is 2.94 bits per heavy atom. The summed E-state index contributed by atoms with van der Waals surface area (Å²) in [6.45, 7) is 2.92. The fraction of sp³-hybridized carbons (Fsp3) is 0.385. The number of para-hydroxylation sites is 2. The maximum Gasteiger partial charge on any atom is 0.326 e. The highest BCUT2D eigenvalue weighted by Gasteiger charge is 2.05. The fourth-order valence-electron chi connectivity index (χ4n) is 1.95. The molecule has 0 bridgehead atoms. The highest BCUT2D eigenvalue weighted by Crippen LogP contribution is 2.08. The van der Waals surface area contributed by atoms with Crippen molar-refractivity contribution in [3.63, 3.8) is 0 Å². The maximum absolute atomic E-state index is 11.7. The van der Waals surface area contributed by atoms with E-state index in [2.05, 4.69) is 10.3 Å². The van der Waals surface area contributed by atoms with E-state index in [1.807, 2.05) is 31.2 Å². The van der Waals surface area contributed by atoms with Crippen molar-refractivity contribution < 1.29 is 4.79 Å². The molecule has 0 saturated carbocycles. The van der Waals surface area contributed by atoms with Crippen molar-refractivity contribution in [2.75, 3.05) is 6.54 Å². The third-order valence-electron chi connectivity index (χ3n) is 2.82. The van der Waals surface area contributed by atoms with Gasteiger partial charge in [-0.25, -0.2) is 4.79 Å². The molecule has 0 aliphatic carbocycles. The first-order chi connectivity index (χ1) is 8.72. The van der Waals surface area contributed by atoms with Gasteiger partial charge in [0.05, 0.1) is 11.0 Å². The molecule has 0 fully saturated rings. The SMILES string of the molecule is CCCC(=O)NCCn1c(=O)[nH]c2ccccc21. The van der Waals surface area contributed by atoms with Gasteiger partial charge < -0.3 is 10.3 Å². The molecule has 2 aromatic rings. The van der Waals surface area contributed by atoms with Crippen LogP contribution in [0.15, 0.2) is 29.1 Å². The summed E-state index contributed by atoms with van der Waals surface area (Å²) in [6, 6.07) is 7.53. The van der Waals surface area contributed by atoms with Gasteiger partial charge in [-0.3, -0.25) is 9.36 Å². The molecule has 96 valence electrons. The molecule has 0 saturated heterocycles. The number of amides is 1. The summed E-state index contributed by atoms with van der Waals surface area (Å²) in [5.41, 5.74) is 1.55. The highest BCUT2D eigenvalue weighted by molar-refractivity contribution is 5.76. The smallest absolute Gasteiger partial charge is 0.326 e. The van der Waals surface area contributed by atoms with Gasteiger partial charge >= 0.3 is 5.69 Å². The molecule has 1 amide bonds. The fourth-order valence-corrected chi connectivity index (χ4v) is 1.95. The van der Waals surface area contributed by atoms with Gasteiger partial charge in [-0.15, -0.1) is 0 Å². The van der Waals surface area contributed by atoms with Gasteiger partial charge in [-0.2, -0.15) is 0 Å². The van der Waals surface area contributed by atoms with Crippen molar-refractivity contribution in [1.29, 1.82) is 0 Å². The third kappa shape index (κ3) is 2.61. The van der Waals surface area contributed by atoms with Crippen LogP contribution >= 0.6 is 0 Å². The number of benzene rings is 1. The summed E-state index contributed by atoms with van der Waals surface area (Å²) in [6.07, 6.45) is 1.36. The molecule has 0 atom stereocenters. The number of aromatic nitrogens is 2. The first kappa shape index (κ1) is 12.4. The number of nitrogens with one attached hydrogen (secondary N) is 2. The molecule has 0 aliphatic heterocycles. The molecule has 0 unspecified atom stereocenters. The summed E-state index contributed by atoms with van der Waals surface area (Å²) in [5, 5.41) is 2.80. The topological polar surface area (TPSA) is 66.9 Å². The van der Waals surface area contributed by atoms with Gasteiger partial charge in [-0.05, 0) is 18.6 Å². The van der Waals surface area contributed by atoms with E-state index in [9.17, 15) is 9.59 Å². The lowest BCUT2D eigenvalue weighted by Crippen LogP contribution is -2.29. The van der Waals surface area contributed by atoms with E-state index in [4.69, 9.17) is 0 Å². The number of carbonyl (C=O) groups is 1. The zero-order valence-corrected chi connectivity index (χ0v) is 10.4. The largest absolute Gasteiger partial charge is 0.354 e. The monoisotopic (exact) mass is 247 g/mol. The van der Waals surface area contributed by atoms with Crippen LogP contribution in [-0.2, 0) is 11.3 Å². The first-order valence-electron chi connectivity index (χ1n) is 6.16. The van der Waals surface area contributed by atoms with Crippen LogP contribution in [0.25, 0.3) is 11.0 Å². The second-order valence-electron chi connectivity index (χ2n) is 4.20. The average molecular weight is 247 g/mol. The molecular weight excluding hydrogens is 230 g/mol. The predicted octanol–water partition coefficient (Wildman–Crippen LogP) is 1.25. The average Bonchev–Trinajstić information content (AvgIpc) is 2.66. The number of H-pyrrole nitrogens is 1. The van der Waals surface area contributed by atoms with Crippen LogP contribution in [0.4, 0.5) is 0 Å². The van der Waals surface area contributed by atoms with Gasteiger partial charge in [0.2, 0.25) is 5.91 Å². The molecular formula is C13H17N3O2. The number of hydrogen-bond donors (Lipinski definition) is 2. The van der Waals surface area contributed by atoms with Crippen molar-refractivity contribution in [2.45, 2.75) is 26.3 Å². The number of carbonyl (C=O) groups excluding carboxylic acids is 1. The Hall–Kier alpha value is -2.04. The van der Waals surface area contributed by atoms with Crippen molar-refractivity contribution >= 4 is 16.9 Å². The van der Waals surface area contributed by atoms with E-state index in [0.717, 1.165) is 17.5 Å². The zero-order chi connectivity index (χ0) is 13.0. The molecule has 1 heterocycles. The summed E-state index contributed by atoms with van der Waals surface area (Å²) in [7, 11) is 0. The summed E-state index contributed by atoms with van der Waals surface area (Å²) < 4.78 is 1.64. The molecule has 2 rings (SSSR count). The van der Waals surface area contributed by atoms with E-state index in [1.54, 1.807) is 4.57 Å². The molecule has 18 heavy (non-hydrogen) atoms. The molecule has 0 spiro atoms. The van der Waals surface area contributed by atoms with E-state index >= 15 is 0 Å². The second kappa shape index (κ2) is 5.53. The number of imidazole rings is 1. The number of aromatic amines is 1. The quantitative estimate of drug-likeness (QED) is 0.835. The van der Waals surface area contributed by atoms with Crippen LogP contribution in [0.5, 0.6) is 0 Å². The lowest BCUT2D eigenvalue weighted by atomic mass is 10.3.